The molecule has 0 aromatic heterocycles. The van der Waals surface area contributed by atoms with Gasteiger partial charge in [0.05, 0.1) is 13.2 Å². The number of anilines is 1. The van der Waals surface area contributed by atoms with Crippen LogP contribution in [0.1, 0.15) is 41.0 Å². The molecule has 3 heterocycles. The number of benzene rings is 3. The van der Waals surface area contributed by atoms with Crippen LogP contribution in [0.5, 0.6) is 0 Å². The number of nitrogens with one attached hydrogen (secondary N) is 1. The number of aryl methyl sites for hydroxylation is 1. The minimum absolute atomic E-state index is 0.00221. The number of carbonyl (C=O) groups is 1. The van der Waals surface area contributed by atoms with E-state index in [-0.39, 0.29) is 6.03 Å². The van der Waals surface area contributed by atoms with E-state index in [1.807, 2.05) is 59.5 Å². The van der Waals surface area contributed by atoms with Gasteiger partial charge in [-0.3, -0.25) is 9.80 Å². The van der Waals surface area contributed by atoms with Crippen molar-refractivity contribution in [2.24, 2.45) is 0 Å². The summed E-state index contributed by atoms with van der Waals surface area (Å²) in [4.78, 5) is 20.7. The maximum Gasteiger partial charge on any atom is 0.321 e. The van der Waals surface area contributed by atoms with Gasteiger partial charge in [-0.1, -0.05) is 59.9 Å². The Bertz CT molecular complexity index is 1360. The van der Waals surface area contributed by atoms with Gasteiger partial charge in [0.2, 0.25) is 0 Å². The number of carbonyl (C=O) groups excluding carboxylic acids is 1. The predicted molar refractivity (Wildman–Crippen MR) is 164 cm³/mol. The van der Waals surface area contributed by atoms with Crippen LogP contribution < -0.4 is 5.32 Å². The number of morpholine rings is 1. The van der Waals surface area contributed by atoms with Gasteiger partial charge in [0.25, 0.3) is 0 Å². The molecule has 0 aliphatic carbocycles. The van der Waals surface area contributed by atoms with E-state index in [4.69, 9.17) is 4.74 Å². The van der Waals surface area contributed by atoms with Crippen LogP contribution in [0.4, 0.5) is 10.5 Å². The molecular formula is C35H40N4O2. The van der Waals surface area contributed by atoms with E-state index in [0.717, 1.165) is 82.1 Å². The molecule has 2 amide bonds. The topological polar surface area (TPSA) is 48.1 Å². The van der Waals surface area contributed by atoms with Gasteiger partial charge < -0.3 is 15.0 Å². The number of ether oxygens (including phenoxy) is 1. The molecule has 0 spiro atoms. The fourth-order valence-corrected chi connectivity index (χ4v) is 6.47. The van der Waals surface area contributed by atoms with Gasteiger partial charge in [0.15, 0.2) is 0 Å². The molecule has 0 unspecified atom stereocenters. The van der Waals surface area contributed by atoms with E-state index in [0.29, 0.717) is 18.0 Å². The molecule has 3 aromatic carbocycles. The van der Waals surface area contributed by atoms with Gasteiger partial charge in [-0.05, 0) is 68.3 Å². The largest absolute Gasteiger partial charge is 0.379 e. The van der Waals surface area contributed by atoms with Crippen molar-refractivity contribution in [1.29, 1.82) is 0 Å². The highest BCUT2D eigenvalue weighted by Crippen LogP contribution is 2.42. The van der Waals surface area contributed by atoms with E-state index in [2.05, 4.69) is 58.1 Å². The second kappa shape index (κ2) is 12.9. The Morgan fingerprint density at radius 3 is 2.27 bits per heavy atom. The second-order valence-electron chi connectivity index (χ2n) is 11.5. The van der Waals surface area contributed by atoms with Crippen LogP contribution in [-0.2, 0) is 4.74 Å². The number of fused-ring (bicyclic) bond motifs is 1. The fraction of sp³-hybridized carbons (Fsp3) is 0.400. The minimum atomic E-state index is -0.00221. The smallest absolute Gasteiger partial charge is 0.321 e. The molecule has 6 heteroatoms. The van der Waals surface area contributed by atoms with Gasteiger partial charge in [-0.15, -0.1) is 0 Å². The van der Waals surface area contributed by atoms with Gasteiger partial charge in [-0.25, -0.2) is 4.79 Å². The number of rotatable bonds is 4. The number of hydrogen-bond acceptors (Lipinski definition) is 4. The van der Waals surface area contributed by atoms with E-state index >= 15 is 0 Å². The summed E-state index contributed by atoms with van der Waals surface area (Å²) in [5.74, 6) is 6.96. The van der Waals surface area contributed by atoms with Gasteiger partial charge in [-0.2, -0.15) is 0 Å². The molecule has 3 aromatic rings. The Morgan fingerprint density at radius 1 is 0.854 bits per heavy atom. The number of nitrogens with zero attached hydrogens (tertiary/aromatic N) is 3. The molecule has 1 N–H and O–H groups in total. The SMILES string of the molecule is Cc1ccc(NC(=O)N2CCCCN3[C@H](CN4CCOCC4)[C@H](c4ccc(C#Cc5ccccc5)cc4)[C@@H]3C2)cc1. The molecule has 0 radical (unpaired) electrons. The third-order valence-electron chi connectivity index (χ3n) is 8.74. The first-order valence-electron chi connectivity index (χ1n) is 15.0. The van der Waals surface area contributed by atoms with E-state index in [1.54, 1.807) is 0 Å². The maximum atomic E-state index is 13.4. The molecular weight excluding hydrogens is 508 g/mol. The van der Waals surface area contributed by atoms with Crippen molar-refractivity contribution in [1.82, 2.24) is 14.7 Å². The normalized spacial score (nSPS) is 23.2. The van der Waals surface area contributed by atoms with E-state index in [1.165, 1.54) is 11.1 Å². The molecule has 3 fully saturated rings. The Balaban J connectivity index is 1.22. The lowest BCUT2D eigenvalue weighted by Gasteiger charge is -2.58. The van der Waals surface area contributed by atoms with Crippen LogP contribution in [0.15, 0.2) is 78.9 Å². The molecule has 6 nitrogen and oxygen atoms in total. The first-order valence-corrected chi connectivity index (χ1v) is 15.0. The van der Waals surface area contributed by atoms with E-state index in [9.17, 15) is 4.79 Å². The standard InChI is InChI=1S/C35H40N4O2/c1-27-9-17-31(18-10-27)36-35(40)38-19-5-6-20-39-32(25-37-21-23-41-24-22-37)34(33(39)26-38)30-15-13-29(14-16-30)12-11-28-7-3-2-4-8-28/h2-4,7-10,13-18,32-34H,5-6,19-26H2,1H3,(H,36,40)/t32-,33+,34+/m1/s1. The van der Waals surface area contributed by atoms with Crippen molar-refractivity contribution >= 4 is 11.7 Å². The summed E-state index contributed by atoms with van der Waals surface area (Å²) >= 11 is 0. The summed E-state index contributed by atoms with van der Waals surface area (Å²) in [5.41, 5.74) is 5.42. The molecule has 0 saturated carbocycles. The third-order valence-corrected chi connectivity index (χ3v) is 8.74. The monoisotopic (exact) mass is 548 g/mol. The van der Waals surface area contributed by atoms with Crippen LogP contribution in [0.25, 0.3) is 0 Å². The van der Waals surface area contributed by atoms with Crippen LogP contribution in [0.3, 0.4) is 0 Å². The molecule has 6 rings (SSSR count). The van der Waals surface area contributed by atoms with Crippen molar-refractivity contribution < 1.29 is 9.53 Å². The highest BCUT2D eigenvalue weighted by molar-refractivity contribution is 5.89. The number of urea groups is 1. The first-order chi connectivity index (χ1) is 20.1. The molecule has 3 aliphatic rings. The van der Waals surface area contributed by atoms with Crippen molar-refractivity contribution in [3.8, 4) is 11.8 Å². The Kier molecular flexibility index (Phi) is 8.67. The van der Waals surface area contributed by atoms with Gasteiger partial charge in [0.1, 0.15) is 0 Å². The molecule has 212 valence electrons. The first kappa shape index (κ1) is 27.5. The fourth-order valence-electron chi connectivity index (χ4n) is 6.47. The highest BCUT2D eigenvalue weighted by atomic mass is 16.5. The zero-order chi connectivity index (χ0) is 28.0. The van der Waals surface area contributed by atoms with Crippen LogP contribution in [0, 0.1) is 18.8 Å². The average molecular weight is 549 g/mol. The highest BCUT2D eigenvalue weighted by Gasteiger charge is 2.50. The van der Waals surface area contributed by atoms with Crippen molar-refractivity contribution in [2.45, 2.75) is 37.8 Å². The Labute approximate surface area is 244 Å². The van der Waals surface area contributed by atoms with Crippen molar-refractivity contribution in [3.63, 3.8) is 0 Å². The zero-order valence-electron chi connectivity index (χ0n) is 24.0. The summed E-state index contributed by atoms with van der Waals surface area (Å²) in [6, 6.07) is 27.7. The lowest BCUT2D eigenvalue weighted by molar-refractivity contribution is -0.0619. The minimum Gasteiger partial charge on any atom is -0.379 e. The summed E-state index contributed by atoms with van der Waals surface area (Å²) < 4.78 is 5.63. The second-order valence-corrected chi connectivity index (χ2v) is 11.5. The van der Waals surface area contributed by atoms with Crippen molar-refractivity contribution in [3.05, 3.63) is 101 Å². The lowest BCUT2D eigenvalue weighted by atomic mass is 9.73. The maximum absolute atomic E-state index is 13.4. The predicted octanol–water partition coefficient (Wildman–Crippen LogP) is 5.19. The Morgan fingerprint density at radius 2 is 1.54 bits per heavy atom. The summed E-state index contributed by atoms with van der Waals surface area (Å²) in [5, 5.41) is 3.14. The molecule has 3 saturated heterocycles. The zero-order valence-corrected chi connectivity index (χ0v) is 24.0. The van der Waals surface area contributed by atoms with Crippen LogP contribution in [-0.4, -0.2) is 85.3 Å². The number of hydrogen-bond donors (Lipinski definition) is 1. The van der Waals surface area contributed by atoms with Crippen molar-refractivity contribution in [2.75, 3.05) is 57.8 Å². The summed E-state index contributed by atoms with van der Waals surface area (Å²) in [6.45, 7) is 9.30. The quantitative estimate of drug-likeness (QED) is 0.456. The van der Waals surface area contributed by atoms with Crippen LogP contribution >= 0.6 is 0 Å². The average Bonchev–Trinajstić information content (AvgIpc) is 2.99. The number of amides is 2. The summed E-state index contributed by atoms with van der Waals surface area (Å²) in [7, 11) is 0. The third kappa shape index (κ3) is 6.65. The van der Waals surface area contributed by atoms with Gasteiger partial charge >= 0.3 is 6.03 Å². The molecule has 41 heavy (non-hydrogen) atoms. The molecule has 3 atom stereocenters. The summed E-state index contributed by atoms with van der Waals surface area (Å²) in [6.07, 6.45) is 2.12. The van der Waals surface area contributed by atoms with Crippen LogP contribution in [0.2, 0.25) is 0 Å². The lowest BCUT2D eigenvalue weighted by Crippen LogP contribution is -2.69. The van der Waals surface area contributed by atoms with E-state index < -0.39 is 0 Å². The van der Waals surface area contributed by atoms with Gasteiger partial charge in [0, 0.05) is 67.5 Å². The Hall–Kier alpha value is -3.63. The molecule has 3 aliphatic heterocycles. The molecule has 0 bridgehead atoms.